The van der Waals surface area contributed by atoms with Crippen LogP contribution in [0.15, 0.2) is 47.0 Å². The fraction of sp³-hybridized carbons (Fsp3) is 0.333. The fourth-order valence-electron chi connectivity index (χ4n) is 4.64. The van der Waals surface area contributed by atoms with Crippen LogP contribution in [-0.2, 0) is 16.1 Å². The van der Waals surface area contributed by atoms with Gasteiger partial charge in [-0.25, -0.2) is 4.99 Å². The van der Waals surface area contributed by atoms with Gasteiger partial charge in [0, 0.05) is 42.8 Å². The van der Waals surface area contributed by atoms with Crippen LogP contribution in [0.1, 0.15) is 54.6 Å². The molecule has 0 aliphatic carbocycles. The van der Waals surface area contributed by atoms with E-state index in [1.54, 1.807) is 6.07 Å². The molecule has 8 heteroatoms. The SMILES string of the molecule is CCCN(CCC)C(=O)C1=Cc2ccc(-c3ccc4c(c3)CN(CC(N)=O)C4=O)cc2N=C(N)C1. The van der Waals surface area contributed by atoms with Crippen LogP contribution in [0.4, 0.5) is 5.69 Å². The third kappa shape index (κ3) is 5.11. The van der Waals surface area contributed by atoms with Crippen LogP contribution in [0.25, 0.3) is 17.2 Å². The lowest BCUT2D eigenvalue weighted by Gasteiger charge is -2.22. The molecule has 4 rings (SSSR count). The van der Waals surface area contributed by atoms with Gasteiger partial charge in [-0.1, -0.05) is 32.0 Å². The third-order valence-corrected chi connectivity index (χ3v) is 6.21. The summed E-state index contributed by atoms with van der Waals surface area (Å²) in [5, 5.41) is 0. The molecule has 0 aromatic heterocycles. The number of hydrogen-bond donors (Lipinski definition) is 2. The molecule has 0 atom stereocenters. The number of carbonyl (C=O) groups excluding carboxylic acids is 3. The number of hydrogen-bond acceptors (Lipinski definition) is 5. The van der Waals surface area contributed by atoms with E-state index in [4.69, 9.17) is 11.5 Å². The normalized spacial score (nSPS) is 14.6. The molecule has 0 saturated carbocycles. The minimum Gasteiger partial charge on any atom is -0.387 e. The summed E-state index contributed by atoms with van der Waals surface area (Å²) in [5.41, 5.74) is 17.0. The molecule has 0 saturated heterocycles. The quantitative estimate of drug-likeness (QED) is 0.611. The van der Waals surface area contributed by atoms with Gasteiger partial charge in [-0.3, -0.25) is 14.4 Å². The highest BCUT2D eigenvalue weighted by Gasteiger charge is 2.28. The zero-order chi connectivity index (χ0) is 25.1. The predicted octanol–water partition coefficient (Wildman–Crippen LogP) is 3.22. The molecule has 0 fully saturated rings. The van der Waals surface area contributed by atoms with Gasteiger partial charge in [0.05, 0.1) is 12.2 Å². The van der Waals surface area contributed by atoms with Crippen LogP contribution < -0.4 is 11.5 Å². The van der Waals surface area contributed by atoms with Crippen molar-refractivity contribution in [3.05, 3.63) is 58.7 Å². The van der Waals surface area contributed by atoms with Crippen molar-refractivity contribution in [2.75, 3.05) is 19.6 Å². The number of amidine groups is 1. The number of nitrogens with zero attached hydrogens (tertiary/aromatic N) is 3. The summed E-state index contributed by atoms with van der Waals surface area (Å²) in [4.78, 5) is 44.9. The van der Waals surface area contributed by atoms with Crippen LogP contribution >= 0.6 is 0 Å². The molecule has 182 valence electrons. The number of carbonyl (C=O) groups is 3. The first-order chi connectivity index (χ1) is 16.8. The van der Waals surface area contributed by atoms with E-state index in [0.29, 0.717) is 48.7 Å². The topological polar surface area (TPSA) is 122 Å². The van der Waals surface area contributed by atoms with Gasteiger partial charge in [-0.2, -0.15) is 0 Å². The van der Waals surface area contributed by atoms with Gasteiger partial charge in [-0.15, -0.1) is 0 Å². The van der Waals surface area contributed by atoms with E-state index in [9.17, 15) is 14.4 Å². The maximum absolute atomic E-state index is 13.2. The molecule has 3 amide bonds. The predicted molar refractivity (Wildman–Crippen MR) is 137 cm³/mol. The maximum atomic E-state index is 13.2. The van der Waals surface area contributed by atoms with E-state index < -0.39 is 5.91 Å². The van der Waals surface area contributed by atoms with E-state index in [0.717, 1.165) is 35.1 Å². The Bertz CT molecular complexity index is 1240. The highest BCUT2D eigenvalue weighted by atomic mass is 16.2. The minimum atomic E-state index is -0.536. The first kappa shape index (κ1) is 24.2. The minimum absolute atomic E-state index is 0.00702. The lowest BCUT2D eigenvalue weighted by molar-refractivity contribution is -0.127. The van der Waals surface area contributed by atoms with Gasteiger partial charge >= 0.3 is 0 Å². The van der Waals surface area contributed by atoms with Crippen molar-refractivity contribution in [2.24, 2.45) is 16.5 Å². The van der Waals surface area contributed by atoms with Gasteiger partial charge in [0.1, 0.15) is 5.84 Å². The number of aliphatic imine (C=N–C) groups is 1. The molecule has 2 aliphatic rings. The monoisotopic (exact) mass is 473 g/mol. The molecule has 0 unspecified atom stereocenters. The van der Waals surface area contributed by atoms with E-state index in [2.05, 4.69) is 18.8 Å². The molecule has 2 aromatic carbocycles. The zero-order valence-electron chi connectivity index (χ0n) is 20.2. The largest absolute Gasteiger partial charge is 0.387 e. The first-order valence-electron chi connectivity index (χ1n) is 12.0. The molecule has 8 nitrogen and oxygen atoms in total. The van der Waals surface area contributed by atoms with Gasteiger partial charge in [0.25, 0.3) is 5.91 Å². The summed E-state index contributed by atoms with van der Waals surface area (Å²) < 4.78 is 0. The first-order valence-corrected chi connectivity index (χ1v) is 12.0. The molecule has 0 bridgehead atoms. The number of nitrogens with two attached hydrogens (primary N) is 2. The molecule has 2 aromatic rings. The Balaban J connectivity index is 1.64. The highest BCUT2D eigenvalue weighted by molar-refractivity contribution is 6.06. The Morgan fingerprint density at radius 1 is 1.06 bits per heavy atom. The lowest BCUT2D eigenvalue weighted by atomic mass is 9.98. The molecule has 0 spiro atoms. The second-order valence-electron chi connectivity index (χ2n) is 9.01. The summed E-state index contributed by atoms with van der Waals surface area (Å²) in [6.07, 6.45) is 4.00. The molecule has 2 heterocycles. The van der Waals surface area contributed by atoms with Gasteiger partial charge in [0.2, 0.25) is 11.8 Å². The Labute approximate surface area is 205 Å². The molecular weight excluding hydrogens is 442 g/mol. The van der Waals surface area contributed by atoms with Crippen LogP contribution in [0.2, 0.25) is 0 Å². The second kappa shape index (κ2) is 10.1. The van der Waals surface area contributed by atoms with Crippen molar-refractivity contribution in [1.82, 2.24) is 9.80 Å². The van der Waals surface area contributed by atoms with E-state index in [1.165, 1.54) is 4.90 Å². The average Bonchev–Trinajstić information content (AvgIpc) is 3.01. The zero-order valence-corrected chi connectivity index (χ0v) is 20.2. The molecule has 0 radical (unpaired) electrons. The maximum Gasteiger partial charge on any atom is 0.254 e. The lowest BCUT2D eigenvalue weighted by Crippen LogP contribution is -2.34. The summed E-state index contributed by atoms with van der Waals surface area (Å²) in [5.74, 6) is -0.319. The van der Waals surface area contributed by atoms with E-state index in [1.807, 2.05) is 41.3 Å². The summed E-state index contributed by atoms with van der Waals surface area (Å²) in [6, 6.07) is 11.5. The van der Waals surface area contributed by atoms with Crippen molar-refractivity contribution < 1.29 is 14.4 Å². The number of rotatable bonds is 8. The van der Waals surface area contributed by atoms with Crippen molar-refractivity contribution in [3.8, 4) is 11.1 Å². The third-order valence-electron chi connectivity index (χ3n) is 6.21. The van der Waals surface area contributed by atoms with E-state index in [-0.39, 0.29) is 18.4 Å². The number of benzene rings is 2. The molecule has 35 heavy (non-hydrogen) atoms. The van der Waals surface area contributed by atoms with Crippen LogP contribution in [0.3, 0.4) is 0 Å². The van der Waals surface area contributed by atoms with Crippen LogP contribution in [0.5, 0.6) is 0 Å². The van der Waals surface area contributed by atoms with Crippen molar-refractivity contribution in [2.45, 2.75) is 39.7 Å². The Morgan fingerprint density at radius 2 is 1.74 bits per heavy atom. The summed E-state index contributed by atoms with van der Waals surface area (Å²) >= 11 is 0. The highest BCUT2D eigenvalue weighted by Crippen LogP contribution is 2.34. The Morgan fingerprint density at radius 3 is 2.43 bits per heavy atom. The van der Waals surface area contributed by atoms with E-state index >= 15 is 0 Å². The molecule has 4 N–H and O–H groups in total. The Hall–Kier alpha value is -3.94. The molecule has 2 aliphatic heterocycles. The number of fused-ring (bicyclic) bond motifs is 2. The van der Waals surface area contributed by atoms with Crippen molar-refractivity contribution in [1.29, 1.82) is 0 Å². The summed E-state index contributed by atoms with van der Waals surface area (Å²) in [7, 11) is 0. The standard InChI is InChI=1S/C27H31N5O3/c1-3-9-31(10-4-2)26(34)20-12-19-6-5-18(13-23(19)30-24(28)14-20)17-7-8-22-21(11-17)15-32(27(22)35)16-25(29)33/h5-8,11-13H,3-4,9-10,14-16H2,1-2H3,(H2,28,30)(H2,29,33). The van der Waals surface area contributed by atoms with Gasteiger partial charge in [0.15, 0.2) is 0 Å². The summed E-state index contributed by atoms with van der Waals surface area (Å²) in [6.45, 7) is 5.80. The molecular formula is C27H31N5O3. The number of primary amides is 1. The fourth-order valence-corrected chi connectivity index (χ4v) is 4.64. The smallest absolute Gasteiger partial charge is 0.254 e. The van der Waals surface area contributed by atoms with Gasteiger partial charge in [-0.05, 0) is 53.8 Å². The van der Waals surface area contributed by atoms with Gasteiger partial charge < -0.3 is 21.3 Å². The van der Waals surface area contributed by atoms with Crippen molar-refractivity contribution >= 4 is 35.3 Å². The Kier molecular flexibility index (Phi) is 7.00. The number of amides is 3. The van der Waals surface area contributed by atoms with Crippen molar-refractivity contribution in [3.63, 3.8) is 0 Å². The average molecular weight is 474 g/mol. The van der Waals surface area contributed by atoms with Crippen LogP contribution in [0, 0.1) is 0 Å². The second-order valence-corrected chi connectivity index (χ2v) is 9.01. The van der Waals surface area contributed by atoms with Crippen LogP contribution in [-0.4, -0.2) is 53.0 Å².